The van der Waals surface area contributed by atoms with Crippen LogP contribution in [-0.2, 0) is 0 Å². The molecule has 1 saturated heterocycles. The van der Waals surface area contributed by atoms with Crippen molar-refractivity contribution in [2.75, 3.05) is 36.0 Å². The molecule has 0 N–H and O–H groups in total. The zero-order chi connectivity index (χ0) is 20.1. The van der Waals surface area contributed by atoms with Crippen LogP contribution in [0.3, 0.4) is 0 Å². The molecule has 30 heavy (non-hydrogen) atoms. The number of hydrogen-bond acceptors (Lipinski definition) is 7. The molecule has 0 spiro atoms. The quantitative estimate of drug-likeness (QED) is 0.502. The number of hydrogen-bond donors (Lipinski definition) is 0. The first kappa shape index (κ1) is 17.8. The van der Waals surface area contributed by atoms with Crippen molar-refractivity contribution in [1.82, 2.24) is 24.6 Å². The van der Waals surface area contributed by atoms with Gasteiger partial charge >= 0.3 is 0 Å². The van der Waals surface area contributed by atoms with Crippen LogP contribution < -0.4 is 9.80 Å². The number of aromatic nitrogens is 5. The van der Waals surface area contributed by atoms with E-state index in [4.69, 9.17) is 10.1 Å². The van der Waals surface area contributed by atoms with Crippen molar-refractivity contribution in [2.24, 2.45) is 0 Å². The molecule has 1 aromatic carbocycles. The molecule has 0 atom stereocenters. The zero-order valence-corrected chi connectivity index (χ0v) is 17.1. The molecule has 2 fully saturated rings. The first-order valence-corrected chi connectivity index (χ1v) is 11.0. The van der Waals surface area contributed by atoms with Gasteiger partial charge in [0.05, 0.1) is 11.9 Å². The summed E-state index contributed by atoms with van der Waals surface area (Å²) >= 11 is 1.58. The molecule has 2 aliphatic rings. The number of nitrogens with zero attached hydrogens (tertiary/aromatic N) is 7. The van der Waals surface area contributed by atoms with Gasteiger partial charge in [0.1, 0.15) is 17.5 Å². The van der Waals surface area contributed by atoms with Crippen molar-refractivity contribution in [3.8, 4) is 11.3 Å². The van der Waals surface area contributed by atoms with Crippen molar-refractivity contribution in [1.29, 1.82) is 0 Å². The van der Waals surface area contributed by atoms with Gasteiger partial charge in [0.2, 0.25) is 10.1 Å². The lowest BCUT2D eigenvalue weighted by atomic mass is 10.2. The van der Waals surface area contributed by atoms with Gasteiger partial charge in [0.15, 0.2) is 0 Å². The summed E-state index contributed by atoms with van der Waals surface area (Å²) in [5, 5.41) is 5.70. The molecule has 0 amide bonds. The monoisotopic (exact) mass is 421 g/mol. The fourth-order valence-electron chi connectivity index (χ4n) is 3.78. The third kappa shape index (κ3) is 3.28. The van der Waals surface area contributed by atoms with Crippen LogP contribution in [-0.4, -0.2) is 50.7 Å². The van der Waals surface area contributed by atoms with E-state index in [2.05, 4.69) is 19.8 Å². The van der Waals surface area contributed by atoms with E-state index in [1.54, 1.807) is 23.5 Å². The van der Waals surface area contributed by atoms with E-state index in [1.807, 2.05) is 23.0 Å². The molecule has 4 heterocycles. The minimum atomic E-state index is -0.245. The summed E-state index contributed by atoms with van der Waals surface area (Å²) in [6.07, 6.45) is 6.22. The maximum atomic E-state index is 13.1. The fourth-order valence-corrected chi connectivity index (χ4v) is 4.72. The number of benzene rings is 1. The Labute approximate surface area is 176 Å². The van der Waals surface area contributed by atoms with Crippen LogP contribution in [0.25, 0.3) is 16.2 Å². The van der Waals surface area contributed by atoms with Gasteiger partial charge in [-0.1, -0.05) is 11.3 Å². The van der Waals surface area contributed by atoms with Crippen molar-refractivity contribution < 1.29 is 4.39 Å². The molecule has 1 aliphatic heterocycles. The number of halogens is 1. The third-order valence-corrected chi connectivity index (χ3v) is 6.63. The summed E-state index contributed by atoms with van der Waals surface area (Å²) in [4.78, 5) is 19.3. The Morgan fingerprint density at radius 2 is 1.70 bits per heavy atom. The molecule has 3 aromatic heterocycles. The first-order chi connectivity index (χ1) is 14.7. The average Bonchev–Trinajstić information content (AvgIpc) is 3.45. The van der Waals surface area contributed by atoms with Crippen molar-refractivity contribution in [2.45, 2.75) is 18.8 Å². The van der Waals surface area contributed by atoms with Gasteiger partial charge in [-0.3, -0.25) is 0 Å². The molecule has 0 radical (unpaired) electrons. The van der Waals surface area contributed by atoms with Gasteiger partial charge in [-0.2, -0.15) is 0 Å². The van der Waals surface area contributed by atoms with Crippen LogP contribution in [0.5, 0.6) is 0 Å². The van der Waals surface area contributed by atoms with E-state index < -0.39 is 0 Å². The highest BCUT2D eigenvalue weighted by Gasteiger charge is 2.28. The fraction of sp³-hybridized carbons (Fsp3) is 0.333. The summed E-state index contributed by atoms with van der Waals surface area (Å²) in [6.45, 7) is 3.60. The van der Waals surface area contributed by atoms with E-state index in [0.717, 1.165) is 59.2 Å². The molecule has 1 aliphatic carbocycles. The highest BCUT2D eigenvalue weighted by atomic mass is 32.1. The molecule has 1 saturated carbocycles. The Hall–Kier alpha value is -3.07. The predicted octanol–water partition coefficient (Wildman–Crippen LogP) is 3.59. The normalized spacial score (nSPS) is 17.1. The number of rotatable bonds is 4. The predicted molar refractivity (Wildman–Crippen MR) is 115 cm³/mol. The van der Waals surface area contributed by atoms with E-state index >= 15 is 0 Å². The van der Waals surface area contributed by atoms with Crippen LogP contribution in [0, 0.1) is 5.82 Å². The highest BCUT2D eigenvalue weighted by Crippen LogP contribution is 2.38. The topological polar surface area (TPSA) is 62.5 Å². The molecule has 4 aromatic rings. The summed E-state index contributed by atoms with van der Waals surface area (Å²) in [6, 6.07) is 8.39. The third-order valence-electron chi connectivity index (χ3n) is 5.65. The summed E-state index contributed by atoms with van der Waals surface area (Å²) in [5.41, 5.74) is 1.69. The molecule has 7 nitrogen and oxygen atoms in total. The molecule has 9 heteroatoms. The number of anilines is 2. The second kappa shape index (κ2) is 7.02. The maximum Gasteiger partial charge on any atom is 0.214 e. The van der Waals surface area contributed by atoms with Crippen LogP contribution in [0.1, 0.15) is 24.6 Å². The van der Waals surface area contributed by atoms with Gasteiger partial charge < -0.3 is 9.80 Å². The zero-order valence-electron chi connectivity index (χ0n) is 16.3. The maximum absolute atomic E-state index is 13.1. The van der Waals surface area contributed by atoms with Gasteiger partial charge in [-0.05, 0) is 43.2 Å². The number of fused-ring (bicyclic) bond motifs is 1. The Morgan fingerprint density at radius 1 is 0.933 bits per heavy atom. The van der Waals surface area contributed by atoms with Crippen LogP contribution in [0.4, 0.5) is 15.3 Å². The van der Waals surface area contributed by atoms with E-state index in [1.165, 1.54) is 25.0 Å². The van der Waals surface area contributed by atoms with E-state index in [-0.39, 0.29) is 5.82 Å². The lowest BCUT2D eigenvalue weighted by Gasteiger charge is -2.35. The second-order valence-electron chi connectivity index (χ2n) is 7.77. The summed E-state index contributed by atoms with van der Waals surface area (Å²) in [5.74, 6) is 2.35. The van der Waals surface area contributed by atoms with E-state index in [0.29, 0.717) is 5.92 Å². The van der Waals surface area contributed by atoms with Crippen molar-refractivity contribution in [3.63, 3.8) is 0 Å². The summed E-state index contributed by atoms with van der Waals surface area (Å²) < 4.78 is 15.0. The minimum Gasteiger partial charge on any atom is -0.353 e. The van der Waals surface area contributed by atoms with Crippen LogP contribution in [0.15, 0.2) is 42.7 Å². The molecule has 152 valence electrons. The number of piperazine rings is 1. The lowest BCUT2D eigenvalue weighted by molar-refractivity contribution is 0.628. The smallest absolute Gasteiger partial charge is 0.214 e. The standard InChI is InChI=1S/C21H20FN7S/c22-16-5-3-14(4-6-16)17-13-29-20(24-17)30-21(26-29)28-11-9-27(10-12-28)18-7-8-23-19(25-18)15-1-2-15/h3-8,13,15H,1-2,9-12H2. The van der Waals surface area contributed by atoms with Gasteiger partial charge in [0, 0.05) is 43.9 Å². The SMILES string of the molecule is Fc1ccc(-c2cn3nc(N4CCN(c5ccnc(C6CC6)n5)CC4)sc3n2)cc1. The van der Waals surface area contributed by atoms with Crippen molar-refractivity contribution >= 4 is 27.2 Å². The van der Waals surface area contributed by atoms with Crippen molar-refractivity contribution in [3.05, 3.63) is 54.4 Å². The molecular weight excluding hydrogens is 401 g/mol. The Morgan fingerprint density at radius 3 is 2.43 bits per heavy atom. The highest BCUT2D eigenvalue weighted by molar-refractivity contribution is 7.20. The molecule has 0 bridgehead atoms. The van der Waals surface area contributed by atoms with Gasteiger partial charge in [-0.15, -0.1) is 5.10 Å². The molecule has 6 rings (SSSR count). The average molecular weight is 422 g/mol. The van der Waals surface area contributed by atoms with Gasteiger partial charge in [0.25, 0.3) is 0 Å². The minimum absolute atomic E-state index is 0.245. The Kier molecular flexibility index (Phi) is 4.15. The Bertz CT molecular complexity index is 1160. The van der Waals surface area contributed by atoms with Gasteiger partial charge in [-0.25, -0.2) is 23.9 Å². The molecular formula is C21H20FN7S. The Balaban J connectivity index is 1.16. The largest absolute Gasteiger partial charge is 0.353 e. The summed E-state index contributed by atoms with van der Waals surface area (Å²) in [7, 11) is 0. The molecule has 0 unspecified atom stereocenters. The van der Waals surface area contributed by atoms with Crippen LogP contribution >= 0.6 is 11.3 Å². The van der Waals surface area contributed by atoms with E-state index in [9.17, 15) is 4.39 Å². The lowest BCUT2D eigenvalue weighted by Crippen LogP contribution is -2.47. The number of imidazole rings is 1. The first-order valence-electron chi connectivity index (χ1n) is 10.2. The van der Waals surface area contributed by atoms with Crippen LogP contribution in [0.2, 0.25) is 0 Å². The second-order valence-corrected chi connectivity index (χ2v) is 8.70.